The van der Waals surface area contributed by atoms with E-state index >= 15 is 0 Å². The molecular weight excluding hydrogens is 441 g/mol. The lowest BCUT2D eigenvalue weighted by Crippen LogP contribution is -2.46. The van der Waals surface area contributed by atoms with E-state index in [9.17, 15) is 4.79 Å². The van der Waals surface area contributed by atoms with Crippen LogP contribution in [0.4, 0.5) is 0 Å². The van der Waals surface area contributed by atoms with Crippen LogP contribution in [0.15, 0.2) is 4.99 Å². The number of guanidine groups is 1. The Morgan fingerprint density at radius 2 is 1.92 bits per heavy atom. The highest BCUT2D eigenvalue weighted by molar-refractivity contribution is 14.0. The molecule has 0 aromatic heterocycles. The van der Waals surface area contributed by atoms with Gasteiger partial charge in [0.05, 0.1) is 0 Å². The van der Waals surface area contributed by atoms with Gasteiger partial charge in [0.15, 0.2) is 5.96 Å². The molecule has 2 rings (SSSR count). The molecule has 0 aromatic rings. The lowest BCUT2D eigenvalue weighted by atomic mass is 9.96. The van der Waals surface area contributed by atoms with Gasteiger partial charge in [0.2, 0.25) is 5.91 Å². The molecule has 0 saturated carbocycles. The number of nitrogens with two attached hydrogens (primary N) is 1. The molecule has 7 heteroatoms. The summed E-state index contributed by atoms with van der Waals surface area (Å²) < 4.78 is 0. The lowest BCUT2D eigenvalue weighted by Gasteiger charge is -2.33. The van der Waals surface area contributed by atoms with E-state index in [0.29, 0.717) is 0 Å². The van der Waals surface area contributed by atoms with Crippen LogP contribution < -0.4 is 11.1 Å². The van der Waals surface area contributed by atoms with Crippen molar-refractivity contribution in [3.05, 3.63) is 0 Å². The minimum Gasteiger partial charge on any atom is -0.369 e. The average molecular weight is 479 g/mol. The normalized spacial score (nSPS) is 22.8. The molecule has 0 spiro atoms. The number of amides is 1. The Labute approximate surface area is 176 Å². The Morgan fingerprint density at radius 1 is 1.19 bits per heavy atom. The second-order valence-electron chi connectivity index (χ2n) is 7.65. The van der Waals surface area contributed by atoms with Crippen molar-refractivity contribution in [2.45, 2.75) is 52.4 Å². The number of rotatable bonds is 7. The summed E-state index contributed by atoms with van der Waals surface area (Å²) in [5.74, 6) is 1.82. The number of carbonyl (C=O) groups is 1. The number of hydrogen-bond donors (Lipinski definition) is 2. The van der Waals surface area contributed by atoms with Gasteiger partial charge in [-0.1, -0.05) is 6.92 Å². The van der Waals surface area contributed by atoms with Crippen molar-refractivity contribution < 1.29 is 4.79 Å². The van der Waals surface area contributed by atoms with Crippen LogP contribution >= 0.6 is 24.0 Å². The number of unbranched alkanes of at least 4 members (excludes halogenated alkanes) is 1. The van der Waals surface area contributed by atoms with Gasteiger partial charge in [0.25, 0.3) is 0 Å². The van der Waals surface area contributed by atoms with E-state index in [1.54, 1.807) is 0 Å². The van der Waals surface area contributed by atoms with Crippen LogP contribution in [-0.2, 0) is 4.79 Å². The third kappa shape index (κ3) is 7.98. The second-order valence-corrected chi connectivity index (χ2v) is 7.65. The fraction of sp³-hybridized carbons (Fsp3) is 0.895. The van der Waals surface area contributed by atoms with E-state index in [-0.39, 0.29) is 35.8 Å². The maximum Gasteiger partial charge on any atom is 0.220 e. The molecule has 152 valence electrons. The summed E-state index contributed by atoms with van der Waals surface area (Å²) in [6, 6.07) is 0. The highest BCUT2D eigenvalue weighted by atomic mass is 127. The van der Waals surface area contributed by atoms with Gasteiger partial charge in [-0.2, -0.15) is 0 Å². The maximum atomic E-state index is 11.2. The van der Waals surface area contributed by atoms with E-state index in [2.05, 4.69) is 29.0 Å². The van der Waals surface area contributed by atoms with Crippen LogP contribution in [0.2, 0.25) is 0 Å². The van der Waals surface area contributed by atoms with E-state index in [4.69, 9.17) is 10.7 Å². The molecule has 6 nitrogen and oxygen atoms in total. The molecule has 26 heavy (non-hydrogen) atoms. The Morgan fingerprint density at radius 3 is 2.54 bits per heavy atom. The average Bonchev–Trinajstić information content (AvgIpc) is 2.61. The number of likely N-dealkylation sites (tertiary alicyclic amines) is 2. The van der Waals surface area contributed by atoms with Gasteiger partial charge >= 0.3 is 0 Å². The first-order chi connectivity index (χ1) is 12.1. The monoisotopic (exact) mass is 479 g/mol. The lowest BCUT2D eigenvalue weighted by molar-refractivity contribution is -0.123. The predicted octanol–water partition coefficient (Wildman–Crippen LogP) is 2.28. The first-order valence-electron chi connectivity index (χ1n) is 10.1. The number of nitrogens with zero attached hydrogens (tertiary/aromatic N) is 3. The van der Waals surface area contributed by atoms with E-state index in [1.165, 1.54) is 19.3 Å². The largest absolute Gasteiger partial charge is 0.369 e. The van der Waals surface area contributed by atoms with Crippen molar-refractivity contribution in [3.63, 3.8) is 0 Å². The Bertz CT molecular complexity index is 438. The Balaban J connectivity index is 0.00000338. The number of hydrogen-bond acceptors (Lipinski definition) is 3. The Hall–Kier alpha value is -0.570. The van der Waals surface area contributed by atoms with Crippen molar-refractivity contribution >= 4 is 35.8 Å². The predicted molar refractivity (Wildman–Crippen MR) is 119 cm³/mol. The molecule has 2 heterocycles. The summed E-state index contributed by atoms with van der Waals surface area (Å²) in [4.78, 5) is 20.9. The molecule has 2 fully saturated rings. The molecule has 0 aromatic carbocycles. The molecule has 0 aliphatic carbocycles. The number of halogens is 1. The van der Waals surface area contributed by atoms with Crippen LogP contribution in [-0.4, -0.2) is 67.5 Å². The van der Waals surface area contributed by atoms with Crippen molar-refractivity contribution in [1.29, 1.82) is 0 Å². The van der Waals surface area contributed by atoms with Crippen molar-refractivity contribution in [1.82, 2.24) is 15.1 Å². The van der Waals surface area contributed by atoms with Crippen molar-refractivity contribution in [2.24, 2.45) is 22.6 Å². The number of primary amides is 1. The number of aliphatic imine (C=N–C) groups is 1. The van der Waals surface area contributed by atoms with Crippen LogP contribution in [0.1, 0.15) is 52.4 Å². The topological polar surface area (TPSA) is 74.0 Å². The molecule has 3 N–H and O–H groups in total. The first kappa shape index (κ1) is 23.5. The third-order valence-electron chi connectivity index (χ3n) is 5.43. The molecule has 2 aliphatic heterocycles. The standard InChI is InChI=1S/C19H37N5O.HI/c1-3-21-19(24-12-6-7-16(2)15-24)22-10-4-5-11-23-13-8-17(9-14-23)18(20)25;/h16-17H,3-15H2,1-2H3,(H2,20,25)(H,21,22);1H. The SMILES string of the molecule is CCNC(=NCCCCN1CCC(C(N)=O)CC1)N1CCCC(C)C1.I. The third-order valence-corrected chi connectivity index (χ3v) is 5.43. The zero-order chi connectivity index (χ0) is 18.1. The smallest absolute Gasteiger partial charge is 0.220 e. The second kappa shape index (κ2) is 12.8. The Kier molecular flexibility index (Phi) is 11.5. The first-order valence-corrected chi connectivity index (χ1v) is 10.1. The zero-order valence-electron chi connectivity index (χ0n) is 16.6. The summed E-state index contributed by atoms with van der Waals surface area (Å²) in [6.07, 6.45) is 6.74. The quantitative estimate of drug-likeness (QED) is 0.254. The van der Waals surface area contributed by atoms with Gasteiger partial charge in [0.1, 0.15) is 0 Å². The van der Waals surface area contributed by atoms with E-state index < -0.39 is 0 Å². The van der Waals surface area contributed by atoms with Gasteiger partial charge in [-0.3, -0.25) is 9.79 Å². The van der Waals surface area contributed by atoms with Gasteiger partial charge in [-0.25, -0.2) is 0 Å². The summed E-state index contributed by atoms with van der Waals surface area (Å²) in [5, 5.41) is 3.45. The molecule has 2 saturated heterocycles. The van der Waals surface area contributed by atoms with E-state index in [1.807, 2.05) is 0 Å². The number of carbonyl (C=O) groups excluding carboxylic acids is 1. The fourth-order valence-electron chi connectivity index (χ4n) is 3.88. The number of piperidine rings is 2. The van der Waals surface area contributed by atoms with Crippen LogP contribution in [0.3, 0.4) is 0 Å². The molecule has 0 bridgehead atoms. The fourth-order valence-corrected chi connectivity index (χ4v) is 3.88. The van der Waals surface area contributed by atoms with Crippen LogP contribution in [0.5, 0.6) is 0 Å². The molecule has 0 radical (unpaired) electrons. The maximum absolute atomic E-state index is 11.2. The van der Waals surface area contributed by atoms with Gasteiger partial charge in [-0.15, -0.1) is 24.0 Å². The van der Waals surface area contributed by atoms with Crippen LogP contribution in [0.25, 0.3) is 0 Å². The summed E-state index contributed by atoms with van der Waals surface area (Å²) in [6.45, 7) is 11.7. The molecule has 2 aliphatic rings. The summed E-state index contributed by atoms with van der Waals surface area (Å²) in [7, 11) is 0. The molecular formula is C19H38IN5O. The van der Waals surface area contributed by atoms with Crippen molar-refractivity contribution in [3.8, 4) is 0 Å². The minimum atomic E-state index is -0.128. The highest BCUT2D eigenvalue weighted by Crippen LogP contribution is 2.17. The molecule has 1 amide bonds. The van der Waals surface area contributed by atoms with Gasteiger partial charge < -0.3 is 20.9 Å². The van der Waals surface area contributed by atoms with Gasteiger partial charge in [-0.05, 0) is 71.0 Å². The molecule has 1 unspecified atom stereocenters. The number of nitrogens with one attached hydrogen (secondary N) is 1. The van der Waals surface area contributed by atoms with E-state index in [0.717, 1.165) is 77.0 Å². The van der Waals surface area contributed by atoms with Crippen molar-refractivity contribution in [2.75, 3.05) is 45.8 Å². The van der Waals surface area contributed by atoms with Crippen LogP contribution in [0, 0.1) is 11.8 Å². The highest BCUT2D eigenvalue weighted by Gasteiger charge is 2.22. The zero-order valence-corrected chi connectivity index (χ0v) is 18.9. The summed E-state index contributed by atoms with van der Waals surface area (Å²) >= 11 is 0. The minimum absolute atomic E-state index is 0. The molecule has 1 atom stereocenters. The van der Waals surface area contributed by atoms with Gasteiger partial charge in [0, 0.05) is 32.1 Å². The summed E-state index contributed by atoms with van der Waals surface area (Å²) in [5.41, 5.74) is 5.39.